The molecule has 1 aromatic heterocycles. The number of hydrogen-bond donors (Lipinski definition) is 1. The Morgan fingerprint density at radius 1 is 1.21 bits per heavy atom. The molecule has 1 N–H and O–H groups in total. The van der Waals surface area contributed by atoms with Gasteiger partial charge in [-0.3, -0.25) is 14.7 Å². The van der Waals surface area contributed by atoms with Gasteiger partial charge in [0.1, 0.15) is 0 Å². The Labute approximate surface area is 165 Å². The number of rotatable bonds is 4. The van der Waals surface area contributed by atoms with Crippen molar-refractivity contribution in [1.82, 2.24) is 9.88 Å². The van der Waals surface area contributed by atoms with Crippen LogP contribution in [0.25, 0.3) is 0 Å². The third-order valence-electron chi connectivity index (χ3n) is 5.87. The quantitative estimate of drug-likeness (QED) is 0.853. The maximum atomic E-state index is 12.9. The summed E-state index contributed by atoms with van der Waals surface area (Å²) in [5.41, 5.74) is 3.01. The number of sulfone groups is 1. The summed E-state index contributed by atoms with van der Waals surface area (Å²) in [4.78, 5) is 19.1. The lowest BCUT2D eigenvalue weighted by atomic mass is 9.87. The minimum Gasteiger partial charge on any atom is -0.324 e. The molecule has 0 spiro atoms. The number of pyridine rings is 1. The van der Waals surface area contributed by atoms with Gasteiger partial charge in [0.05, 0.1) is 22.9 Å². The number of likely N-dealkylation sites (tertiary alicyclic amines) is 1. The van der Waals surface area contributed by atoms with E-state index >= 15 is 0 Å². The molecule has 0 saturated carbocycles. The van der Waals surface area contributed by atoms with Gasteiger partial charge in [-0.15, -0.1) is 0 Å². The molecule has 0 radical (unpaired) electrons. The molecule has 0 bridgehead atoms. The maximum Gasteiger partial charge on any atom is 0.227 e. The van der Waals surface area contributed by atoms with Gasteiger partial charge >= 0.3 is 0 Å². The SMILES string of the molecule is Cc1ccc(CN2C[C@H]3[C@@H](C2)S(=O)(=O)CC[C@H]3C(=O)Nc2cccnc2)cc1. The first-order chi connectivity index (χ1) is 13.4. The fourth-order valence-electron chi connectivity index (χ4n) is 4.38. The number of hydrogen-bond acceptors (Lipinski definition) is 5. The average molecular weight is 400 g/mol. The van der Waals surface area contributed by atoms with E-state index in [-0.39, 0.29) is 23.5 Å². The van der Waals surface area contributed by atoms with Crippen LogP contribution < -0.4 is 5.32 Å². The van der Waals surface area contributed by atoms with Crippen molar-refractivity contribution >= 4 is 21.4 Å². The molecular weight excluding hydrogens is 374 g/mol. The Bertz CT molecular complexity index is 945. The number of fused-ring (bicyclic) bond motifs is 1. The summed E-state index contributed by atoms with van der Waals surface area (Å²) in [5.74, 6) is -0.481. The van der Waals surface area contributed by atoms with E-state index in [4.69, 9.17) is 0 Å². The lowest BCUT2D eigenvalue weighted by Crippen LogP contribution is -2.45. The zero-order valence-corrected chi connectivity index (χ0v) is 16.7. The highest BCUT2D eigenvalue weighted by atomic mass is 32.2. The summed E-state index contributed by atoms with van der Waals surface area (Å²) < 4.78 is 25.3. The Morgan fingerprint density at radius 3 is 2.71 bits per heavy atom. The summed E-state index contributed by atoms with van der Waals surface area (Å²) in [5, 5.41) is 2.45. The van der Waals surface area contributed by atoms with E-state index in [0.29, 0.717) is 31.7 Å². The van der Waals surface area contributed by atoms with Crippen LogP contribution in [0.15, 0.2) is 48.8 Å². The van der Waals surface area contributed by atoms with Crippen LogP contribution in [0.2, 0.25) is 0 Å². The monoisotopic (exact) mass is 399 g/mol. The van der Waals surface area contributed by atoms with Gasteiger partial charge in [-0.1, -0.05) is 29.8 Å². The van der Waals surface area contributed by atoms with Crippen LogP contribution in [0.4, 0.5) is 5.69 Å². The van der Waals surface area contributed by atoms with E-state index < -0.39 is 15.1 Å². The molecule has 6 nitrogen and oxygen atoms in total. The molecule has 0 aliphatic carbocycles. The fraction of sp³-hybridized carbons (Fsp3) is 0.429. The van der Waals surface area contributed by atoms with E-state index in [1.807, 2.05) is 6.92 Å². The lowest BCUT2D eigenvalue weighted by molar-refractivity contribution is -0.121. The summed E-state index contributed by atoms with van der Waals surface area (Å²) in [7, 11) is -3.17. The summed E-state index contributed by atoms with van der Waals surface area (Å²) >= 11 is 0. The van der Waals surface area contributed by atoms with E-state index in [9.17, 15) is 13.2 Å². The van der Waals surface area contributed by atoms with Gasteiger partial charge in [0.15, 0.2) is 9.84 Å². The second-order valence-electron chi connectivity index (χ2n) is 7.88. The first-order valence-corrected chi connectivity index (χ1v) is 11.3. The molecule has 7 heteroatoms. The highest BCUT2D eigenvalue weighted by molar-refractivity contribution is 7.92. The van der Waals surface area contributed by atoms with Crippen LogP contribution in [-0.2, 0) is 21.2 Å². The van der Waals surface area contributed by atoms with Crippen LogP contribution in [-0.4, -0.2) is 48.3 Å². The highest BCUT2D eigenvalue weighted by Crippen LogP contribution is 2.38. The van der Waals surface area contributed by atoms with Gasteiger partial charge in [-0.05, 0) is 31.0 Å². The zero-order chi connectivity index (χ0) is 19.7. The summed E-state index contributed by atoms with van der Waals surface area (Å²) in [6.07, 6.45) is 3.64. The van der Waals surface area contributed by atoms with E-state index in [1.54, 1.807) is 24.5 Å². The van der Waals surface area contributed by atoms with Crippen molar-refractivity contribution in [2.45, 2.75) is 25.1 Å². The number of benzene rings is 1. The van der Waals surface area contributed by atoms with Gasteiger partial charge in [0.2, 0.25) is 5.91 Å². The number of aromatic nitrogens is 1. The molecule has 4 rings (SSSR count). The maximum absolute atomic E-state index is 12.9. The Kier molecular flexibility index (Phi) is 5.21. The highest BCUT2D eigenvalue weighted by Gasteiger charge is 2.50. The molecule has 3 heterocycles. The summed E-state index contributed by atoms with van der Waals surface area (Å²) in [6.45, 7) is 3.88. The minimum atomic E-state index is -3.17. The zero-order valence-electron chi connectivity index (χ0n) is 15.9. The predicted molar refractivity (Wildman–Crippen MR) is 108 cm³/mol. The fourth-order valence-corrected chi connectivity index (χ4v) is 6.51. The number of nitrogens with one attached hydrogen (secondary N) is 1. The van der Waals surface area contributed by atoms with Crippen LogP contribution >= 0.6 is 0 Å². The molecule has 1 amide bonds. The lowest BCUT2D eigenvalue weighted by Gasteiger charge is -2.31. The van der Waals surface area contributed by atoms with Crippen molar-refractivity contribution in [1.29, 1.82) is 0 Å². The standard InChI is InChI=1S/C21H25N3O3S/c1-15-4-6-16(7-5-15)12-24-13-19-18(8-10-28(26,27)20(19)14-24)21(25)23-17-3-2-9-22-11-17/h2-7,9,11,18-20H,8,10,12-14H2,1H3,(H,23,25)/t18-,19-,20-/m1/s1. The molecule has 148 valence electrons. The van der Waals surface area contributed by atoms with Crippen LogP contribution in [0.3, 0.4) is 0 Å². The molecule has 0 unspecified atom stereocenters. The number of aryl methyl sites for hydroxylation is 1. The molecule has 1 aromatic carbocycles. The first kappa shape index (κ1) is 19.1. The normalized spacial score (nSPS) is 26.5. The second kappa shape index (κ2) is 7.64. The Morgan fingerprint density at radius 2 is 2.00 bits per heavy atom. The average Bonchev–Trinajstić information content (AvgIpc) is 3.09. The number of nitrogens with zero attached hydrogens (tertiary/aromatic N) is 2. The molecule has 2 fully saturated rings. The van der Waals surface area contributed by atoms with Crippen molar-refractivity contribution in [3.8, 4) is 0 Å². The minimum absolute atomic E-state index is 0.0810. The molecule has 2 aliphatic heterocycles. The second-order valence-corrected chi connectivity index (χ2v) is 10.2. The smallest absolute Gasteiger partial charge is 0.227 e. The van der Waals surface area contributed by atoms with Gasteiger partial charge < -0.3 is 5.32 Å². The molecule has 2 aliphatic rings. The van der Waals surface area contributed by atoms with E-state index in [0.717, 1.165) is 5.56 Å². The number of amides is 1. The van der Waals surface area contributed by atoms with Gasteiger partial charge in [-0.25, -0.2) is 8.42 Å². The molecule has 3 atom stereocenters. The topological polar surface area (TPSA) is 79.4 Å². The number of anilines is 1. The van der Waals surface area contributed by atoms with Gasteiger partial charge in [-0.2, -0.15) is 0 Å². The van der Waals surface area contributed by atoms with E-state index in [1.165, 1.54) is 5.56 Å². The summed E-state index contributed by atoms with van der Waals surface area (Å²) in [6, 6.07) is 11.9. The van der Waals surface area contributed by atoms with Crippen LogP contribution in [0.1, 0.15) is 17.5 Å². The van der Waals surface area contributed by atoms with Crippen LogP contribution in [0, 0.1) is 18.8 Å². The van der Waals surface area contributed by atoms with Gasteiger partial charge in [0, 0.05) is 37.7 Å². The van der Waals surface area contributed by atoms with Crippen molar-refractivity contribution in [2.24, 2.45) is 11.8 Å². The molecular formula is C21H25N3O3S. The third-order valence-corrected chi connectivity index (χ3v) is 8.09. The number of carbonyl (C=O) groups is 1. The molecule has 2 aromatic rings. The number of carbonyl (C=O) groups excluding carboxylic acids is 1. The Balaban J connectivity index is 1.50. The molecule has 2 saturated heterocycles. The first-order valence-electron chi connectivity index (χ1n) is 9.63. The Hall–Kier alpha value is -2.25. The third kappa shape index (κ3) is 3.95. The van der Waals surface area contributed by atoms with Gasteiger partial charge in [0.25, 0.3) is 0 Å². The van der Waals surface area contributed by atoms with Crippen molar-refractivity contribution in [3.63, 3.8) is 0 Å². The van der Waals surface area contributed by atoms with Crippen molar-refractivity contribution in [2.75, 3.05) is 24.2 Å². The molecule has 28 heavy (non-hydrogen) atoms. The van der Waals surface area contributed by atoms with E-state index in [2.05, 4.69) is 39.5 Å². The van der Waals surface area contributed by atoms with Crippen molar-refractivity contribution < 1.29 is 13.2 Å². The largest absolute Gasteiger partial charge is 0.324 e. The van der Waals surface area contributed by atoms with Crippen LogP contribution in [0.5, 0.6) is 0 Å². The van der Waals surface area contributed by atoms with Crippen molar-refractivity contribution in [3.05, 3.63) is 59.9 Å². The predicted octanol–water partition coefficient (Wildman–Crippen LogP) is 2.26.